The van der Waals surface area contributed by atoms with E-state index in [2.05, 4.69) is 0 Å². The van der Waals surface area contributed by atoms with E-state index in [9.17, 15) is 95.9 Å². The van der Waals surface area contributed by atoms with Gasteiger partial charge < -0.3 is 77.5 Å². The number of fused-ring (bicyclic) bond motifs is 8. The van der Waals surface area contributed by atoms with Gasteiger partial charge in [-0.3, -0.25) is 95.9 Å². The lowest BCUT2D eigenvalue weighted by atomic mass is 9.88. The van der Waals surface area contributed by atoms with Crippen molar-refractivity contribution >= 4 is 117 Å². The van der Waals surface area contributed by atoms with Crippen LogP contribution in [0.5, 0.6) is 0 Å². The molecule has 1 unspecified atom stereocenters. The van der Waals surface area contributed by atoms with Gasteiger partial charge in [-0.05, 0) is 62.8 Å². The summed E-state index contributed by atoms with van der Waals surface area (Å²) in [5, 5.41) is 0. The van der Waals surface area contributed by atoms with Crippen molar-refractivity contribution in [3.8, 4) is 0 Å². The molecule has 0 spiro atoms. The molecular formula is C89H83N3O33. The second-order valence-electron chi connectivity index (χ2n) is 28.9. The van der Waals surface area contributed by atoms with E-state index < -0.39 is 167 Å². The molecule has 4 aliphatic carbocycles. The molecule has 1 saturated heterocycles. The minimum atomic E-state index is -1.17. The lowest BCUT2D eigenvalue weighted by molar-refractivity contribution is -0.188. The summed E-state index contributed by atoms with van der Waals surface area (Å²) in [7, 11) is 0. The monoisotopic (exact) mass is 1720 g/mol. The van der Waals surface area contributed by atoms with E-state index >= 15 is 0 Å². The van der Waals surface area contributed by atoms with E-state index in [1.807, 2.05) is 13.8 Å². The molecule has 0 radical (unpaired) electrons. The highest BCUT2D eigenvalue weighted by atomic mass is 16.7. The number of benzene rings is 4. The summed E-state index contributed by atoms with van der Waals surface area (Å²) in [5.41, 5.74) is 18.2. The third kappa shape index (κ3) is 23.1. The van der Waals surface area contributed by atoms with Crippen LogP contribution in [0.25, 0.3) is 0 Å². The normalized spacial score (nSPS) is 14.2. The van der Waals surface area contributed by atoms with Crippen molar-refractivity contribution < 1.29 is 156 Å². The summed E-state index contributed by atoms with van der Waals surface area (Å²) < 4.78 is 66.0. The zero-order valence-electron chi connectivity index (χ0n) is 67.9. The number of rotatable bonds is 32. The van der Waals surface area contributed by atoms with Crippen molar-refractivity contribution in [2.75, 3.05) is 52.9 Å². The fraction of sp³-hybridized carbons (Fsp3) is 0.326. The molecule has 0 bridgehead atoms. The second kappa shape index (κ2) is 42.4. The molecule has 5 aliphatic rings. The number of carbonyl (C=O) groups excluding carboxylic acids is 20. The Bertz CT molecular complexity index is 5420. The standard InChI is InChI=1S/C23H23NO8.C23H20O9.C22H21NO8.C21H19NO8/c1-12(2)9-16(24)23(29)31-8-7-30-19(26)11-17(25)18-10-15-20(27)13-5-3-4-6-14(13)21(28)22(15)32-18;1-12(31-23(28)13-6-8-29-9-7-13)30-19(25)11-17(24)18-10-16-20(26)14-4-2-3-5-15(14)21(27)22(16)32-18;1-2-15(23)22(28)30-9-5-8-29-18(25)11-16(24)17-10-14-19(26)12-6-3-4-7-13(12)20(27)21(14)31-17;1-11(22)21(27)29-8-4-7-28-17(24)10-15(23)16-9-14-18(25)12-5-2-3-6-13(12)19(26)20(14)30-16/h3-6,10,12,16H,7-9,11,24H2,1-2H3;2-5,10,12-13H,6-9,11H2,1H3;3-4,6-7,10,15H,2,5,8-9,11,23H2,1H3;2-3,5-6,9,11H,4,7-8,10,22H2,1H3/t16-;;15-;11-/m0.00/s1. The summed E-state index contributed by atoms with van der Waals surface area (Å²) in [5.74, 6) is -14.4. The zero-order chi connectivity index (χ0) is 90.6. The van der Waals surface area contributed by atoms with Crippen LogP contribution in [0.4, 0.5) is 0 Å². The van der Waals surface area contributed by atoms with Crippen molar-refractivity contribution in [1.82, 2.24) is 0 Å². The highest BCUT2D eigenvalue weighted by molar-refractivity contribution is 6.31. The number of esters is 8. The van der Waals surface area contributed by atoms with Crippen LogP contribution in [0.1, 0.15) is 269 Å². The second-order valence-corrected chi connectivity index (χ2v) is 28.9. The van der Waals surface area contributed by atoms with Crippen molar-refractivity contribution in [2.45, 2.75) is 123 Å². The number of furan rings is 4. The molecular weight excluding hydrogens is 1640 g/mol. The maximum absolute atomic E-state index is 12.6. The summed E-state index contributed by atoms with van der Waals surface area (Å²) in [6, 6.07) is 27.6. The molecule has 0 saturated carbocycles. The Hall–Kier alpha value is -14.4. The highest BCUT2D eigenvalue weighted by Crippen LogP contribution is 2.35. The molecule has 1 aliphatic heterocycles. The number of carbonyl (C=O) groups is 20. The van der Waals surface area contributed by atoms with Crippen LogP contribution in [0.15, 0.2) is 139 Å². The minimum absolute atomic E-state index is 0.00693. The Kier molecular flexibility index (Phi) is 31.5. The number of Topliss-reactive ketones (excluding diaryl/α,β-unsaturated/α-hetero) is 4. The molecule has 6 N–H and O–H groups in total. The average Bonchev–Trinajstić information content (AvgIpc) is 1.65. The number of ether oxygens (including phenoxy) is 9. The highest BCUT2D eigenvalue weighted by Gasteiger charge is 2.40. The third-order valence-corrected chi connectivity index (χ3v) is 19.2. The van der Waals surface area contributed by atoms with Gasteiger partial charge in [-0.15, -0.1) is 0 Å². The molecule has 1 fully saturated rings. The van der Waals surface area contributed by atoms with Crippen molar-refractivity contribution in [3.63, 3.8) is 0 Å². The van der Waals surface area contributed by atoms with Crippen molar-refractivity contribution in [1.29, 1.82) is 0 Å². The van der Waals surface area contributed by atoms with E-state index in [0.29, 0.717) is 38.9 Å². The Morgan fingerprint density at radius 1 is 0.352 bits per heavy atom. The van der Waals surface area contributed by atoms with Gasteiger partial charge in [0.2, 0.25) is 52.6 Å². The van der Waals surface area contributed by atoms with Crippen LogP contribution >= 0.6 is 0 Å². The van der Waals surface area contributed by atoms with Crippen molar-refractivity contribution in [3.05, 3.63) is 234 Å². The lowest BCUT2D eigenvalue weighted by Crippen LogP contribution is -2.34. The van der Waals surface area contributed by atoms with E-state index in [1.54, 1.807) is 55.5 Å². The van der Waals surface area contributed by atoms with Crippen molar-refractivity contribution in [2.24, 2.45) is 29.0 Å². The Morgan fingerprint density at radius 3 is 0.952 bits per heavy atom. The van der Waals surface area contributed by atoms with Gasteiger partial charge in [0.05, 0.1) is 54.6 Å². The zero-order valence-corrected chi connectivity index (χ0v) is 67.9. The van der Waals surface area contributed by atoms with Gasteiger partial charge in [0.1, 0.15) is 57.0 Å². The minimum Gasteiger partial charge on any atom is -0.465 e. The number of hydrogen-bond donors (Lipinski definition) is 3. The predicted octanol–water partition coefficient (Wildman–Crippen LogP) is 7.87. The van der Waals surface area contributed by atoms with Gasteiger partial charge in [-0.1, -0.05) is 118 Å². The fourth-order valence-corrected chi connectivity index (χ4v) is 12.8. The van der Waals surface area contributed by atoms with Gasteiger partial charge in [0.15, 0.2) is 69.2 Å². The molecule has 4 atom stereocenters. The summed E-state index contributed by atoms with van der Waals surface area (Å²) in [6.07, 6.45) is -1.32. The van der Waals surface area contributed by atoms with Gasteiger partial charge in [-0.25, -0.2) is 0 Å². The van der Waals surface area contributed by atoms with Crippen LogP contribution in [0, 0.1) is 11.8 Å². The van der Waals surface area contributed by atoms with Gasteiger partial charge in [0, 0.05) is 77.5 Å². The SMILES string of the molecule is CC(C)C[C@H](N)C(=O)OCCOC(=O)CC(=O)c1cc2c(o1)C(=O)c1ccccc1C2=O.CC(OC(=O)CC(=O)c1cc2c(o1)C(=O)c1ccccc1C2=O)OC(=O)C1CCOCC1.CC[C@H](N)C(=O)OCCCOC(=O)CC(=O)c1cc2c(o1)C(=O)c1ccccc1C2=O.C[C@H](N)C(=O)OCCCOC(=O)CC(=O)c1cc2c(o1)C(=O)c1ccccc1C2=O. The van der Waals surface area contributed by atoms with E-state index in [0.717, 1.165) is 6.07 Å². The molecule has 4 aromatic carbocycles. The smallest absolute Gasteiger partial charge is 0.323 e. The number of hydrogen-bond acceptors (Lipinski definition) is 36. The molecule has 36 heteroatoms. The predicted molar refractivity (Wildman–Crippen MR) is 423 cm³/mol. The van der Waals surface area contributed by atoms with Crippen LogP contribution in [-0.2, 0) is 81.0 Å². The first-order chi connectivity index (χ1) is 59.6. The maximum Gasteiger partial charge on any atom is 0.323 e. The molecule has 0 amide bonds. The molecule has 8 aromatic rings. The van der Waals surface area contributed by atoms with Gasteiger partial charge in [0.25, 0.3) is 0 Å². The molecule has 5 heterocycles. The molecule has 4 aromatic heterocycles. The topological polar surface area (TPSA) is 555 Å². The van der Waals surface area contributed by atoms with E-state index in [-0.39, 0.29) is 177 Å². The first-order valence-corrected chi connectivity index (χ1v) is 39.3. The third-order valence-electron chi connectivity index (χ3n) is 19.2. The first kappa shape index (κ1) is 92.9. The average molecular weight is 1720 g/mol. The van der Waals surface area contributed by atoms with E-state index in [1.165, 1.54) is 80.6 Å². The number of nitrogens with two attached hydrogens (primary N) is 3. The maximum atomic E-state index is 12.6. The van der Waals surface area contributed by atoms with Crippen LogP contribution < -0.4 is 17.2 Å². The first-order valence-electron chi connectivity index (χ1n) is 39.3. The number of ketones is 12. The van der Waals surface area contributed by atoms with Gasteiger partial charge in [-0.2, -0.15) is 0 Å². The largest absolute Gasteiger partial charge is 0.465 e. The van der Waals surface area contributed by atoms with Gasteiger partial charge >= 0.3 is 47.8 Å². The Labute approximate surface area is 709 Å². The quantitative estimate of drug-likeness (QED) is 0.00901. The molecule has 652 valence electrons. The van der Waals surface area contributed by atoms with E-state index in [4.69, 9.17) is 77.5 Å². The molecule has 36 nitrogen and oxygen atoms in total. The lowest BCUT2D eigenvalue weighted by Gasteiger charge is -2.22. The van der Waals surface area contributed by atoms with Crippen LogP contribution in [0.2, 0.25) is 0 Å². The molecule has 125 heavy (non-hydrogen) atoms. The Balaban J connectivity index is 0.000000174. The molecule has 13 rings (SSSR count). The van der Waals surface area contributed by atoms with Crippen LogP contribution in [0.3, 0.4) is 0 Å². The summed E-state index contributed by atoms with van der Waals surface area (Å²) >= 11 is 0. The summed E-state index contributed by atoms with van der Waals surface area (Å²) in [4.78, 5) is 244. The summed E-state index contributed by atoms with van der Waals surface area (Å²) in [6.45, 7) is 8.90. The fourth-order valence-electron chi connectivity index (χ4n) is 12.8. The Morgan fingerprint density at radius 2 is 0.632 bits per heavy atom. The van der Waals surface area contributed by atoms with Crippen LogP contribution in [-0.4, -0.2) is 194 Å².